The minimum atomic E-state index is -0.625. The predicted octanol–water partition coefficient (Wildman–Crippen LogP) is 2.92. The smallest absolute Gasteiger partial charge is 0.348 e. The summed E-state index contributed by atoms with van der Waals surface area (Å²) in [5, 5.41) is 3.05. The second kappa shape index (κ2) is 11.4. The first-order valence-electron chi connectivity index (χ1n) is 10.6. The average molecular weight is 478 g/mol. The zero-order chi connectivity index (χ0) is 24.0. The van der Waals surface area contributed by atoms with Crippen molar-refractivity contribution in [3.63, 3.8) is 0 Å². The number of anilines is 1. The number of carbonyl (C=O) groups excluding carboxylic acids is 3. The molecule has 0 atom stereocenters. The first-order chi connectivity index (χ1) is 15.8. The lowest BCUT2D eigenvalue weighted by molar-refractivity contribution is -0.117. The second-order valence-corrected chi connectivity index (χ2v) is 8.84. The molecule has 178 valence electrons. The maximum atomic E-state index is 13.1. The van der Waals surface area contributed by atoms with Crippen molar-refractivity contribution in [3.8, 4) is 0 Å². The van der Waals surface area contributed by atoms with Gasteiger partial charge < -0.3 is 14.8 Å². The van der Waals surface area contributed by atoms with Gasteiger partial charge in [-0.05, 0) is 49.7 Å². The van der Waals surface area contributed by atoms with E-state index in [0.717, 1.165) is 49.5 Å². The number of thiophene rings is 1. The summed E-state index contributed by atoms with van der Waals surface area (Å²) in [6, 6.07) is 6.50. The summed E-state index contributed by atoms with van der Waals surface area (Å²) < 4.78 is 22.7. The van der Waals surface area contributed by atoms with Crippen LogP contribution >= 0.6 is 11.3 Å². The van der Waals surface area contributed by atoms with Crippen LogP contribution in [0.25, 0.3) is 0 Å². The van der Waals surface area contributed by atoms with Gasteiger partial charge in [-0.25, -0.2) is 14.0 Å². The van der Waals surface area contributed by atoms with Gasteiger partial charge in [0.25, 0.3) is 0 Å². The Balaban J connectivity index is 1.61. The number of methoxy groups -OCH3 is 2. The molecule has 3 rings (SSSR count). The molecule has 1 N–H and O–H groups in total. The van der Waals surface area contributed by atoms with E-state index in [1.165, 1.54) is 26.4 Å². The first-order valence-corrected chi connectivity index (χ1v) is 11.4. The van der Waals surface area contributed by atoms with E-state index < -0.39 is 11.9 Å². The van der Waals surface area contributed by atoms with Gasteiger partial charge in [0.15, 0.2) is 0 Å². The molecule has 0 unspecified atom stereocenters. The van der Waals surface area contributed by atoms with E-state index in [1.807, 2.05) is 0 Å². The highest BCUT2D eigenvalue weighted by Crippen LogP contribution is 2.34. The summed E-state index contributed by atoms with van der Waals surface area (Å²) >= 11 is 0.999. The number of esters is 2. The minimum absolute atomic E-state index is 0.162. The molecule has 1 aromatic carbocycles. The Morgan fingerprint density at radius 3 is 2.30 bits per heavy atom. The van der Waals surface area contributed by atoms with Gasteiger partial charge in [0.2, 0.25) is 5.91 Å². The molecule has 1 aliphatic rings. The number of hydrogen-bond acceptors (Lipinski definition) is 8. The molecule has 33 heavy (non-hydrogen) atoms. The number of amides is 1. The fourth-order valence-electron chi connectivity index (χ4n) is 3.79. The van der Waals surface area contributed by atoms with Gasteiger partial charge in [-0.15, -0.1) is 11.3 Å². The number of hydrogen-bond donors (Lipinski definition) is 1. The summed E-state index contributed by atoms with van der Waals surface area (Å²) in [6.45, 7) is 5.64. The molecule has 2 aromatic rings. The maximum Gasteiger partial charge on any atom is 0.348 e. The van der Waals surface area contributed by atoms with Crippen LogP contribution in [0.15, 0.2) is 24.3 Å². The van der Waals surface area contributed by atoms with Crippen LogP contribution in [0.4, 0.5) is 9.39 Å². The van der Waals surface area contributed by atoms with E-state index in [2.05, 4.69) is 15.1 Å². The number of rotatable bonds is 7. The number of halogens is 1. The van der Waals surface area contributed by atoms with Crippen molar-refractivity contribution in [3.05, 3.63) is 51.7 Å². The van der Waals surface area contributed by atoms with Gasteiger partial charge in [0.05, 0.1) is 26.3 Å². The summed E-state index contributed by atoms with van der Waals surface area (Å²) in [5.41, 5.74) is 1.63. The zero-order valence-corrected chi connectivity index (χ0v) is 19.8. The normalized spacial score (nSPS) is 15.0. The van der Waals surface area contributed by atoms with E-state index in [0.29, 0.717) is 12.1 Å². The van der Waals surface area contributed by atoms with Gasteiger partial charge in [-0.3, -0.25) is 14.6 Å². The highest BCUT2D eigenvalue weighted by molar-refractivity contribution is 7.18. The third-order valence-electron chi connectivity index (χ3n) is 5.53. The molecule has 1 amide bonds. The second-order valence-electron chi connectivity index (χ2n) is 7.82. The Labute approximate surface area is 196 Å². The van der Waals surface area contributed by atoms with Gasteiger partial charge in [0.1, 0.15) is 15.7 Å². The Morgan fingerprint density at radius 2 is 1.64 bits per heavy atom. The summed E-state index contributed by atoms with van der Waals surface area (Å²) in [6.07, 6.45) is 0.895. The van der Waals surface area contributed by atoms with Crippen LogP contribution in [-0.4, -0.2) is 74.6 Å². The van der Waals surface area contributed by atoms with Crippen molar-refractivity contribution in [1.29, 1.82) is 0 Å². The van der Waals surface area contributed by atoms with Gasteiger partial charge in [-0.1, -0.05) is 12.1 Å². The van der Waals surface area contributed by atoms with Crippen LogP contribution < -0.4 is 5.32 Å². The topological polar surface area (TPSA) is 88.2 Å². The minimum Gasteiger partial charge on any atom is -0.465 e. The Kier molecular flexibility index (Phi) is 8.54. The molecule has 0 bridgehead atoms. The third kappa shape index (κ3) is 6.37. The van der Waals surface area contributed by atoms with Crippen LogP contribution in [0.3, 0.4) is 0 Å². The molecule has 1 aromatic heterocycles. The van der Waals surface area contributed by atoms with Gasteiger partial charge in [-0.2, -0.15) is 0 Å². The number of nitrogens with one attached hydrogen (secondary N) is 1. The molecule has 1 aliphatic heterocycles. The van der Waals surface area contributed by atoms with Crippen LogP contribution in [0.1, 0.15) is 37.6 Å². The Hall–Kier alpha value is -2.82. The largest absolute Gasteiger partial charge is 0.465 e. The van der Waals surface area contributed by atoms with Crippen molar-refractivity contribution >= 4 is 34.2 Å². The standard InChI is InChI=1S/C23H28FN3O5S/c1-15-19(22(29)31-2)21(33-20(15)23(30)32-3)25-18(28)14-27-10-4-9-26(11-12-27)13-16-5-7-17(24)8-6-16/h5-8H,4,9-14H2,1-3H3,(H,25,28). The molecule has 2 heterocycles. The molecule has 0 radical (unpaired) electrons. The average Bonchev–Trinajstić information content (AvgIpc) is 2.96. The number of benzene rings is 1. The van der Waals surface area contributed by atoms with Crippen LogP contribution in [0.2, 0.25) is 0 Å². The Morgan fingerprint density at radius 1 is 1.00 bits per heavy atom. The lowest BCUT2D eigenvalue weighted by atomic mass is 10.1. The van der Waals surface area contributed by atoms with Crippen molar-refractivity contribution in [2.75, 3.05) is 52.3 Å². The predicted molar refractivity (Wildman–Crippen MR) is 123 cm³/mol. The summed E-state index contributed by atoms with van der Waals surface area (Å²) in [7, 11) is 2.51. The monoisotopic (exact) mass is 477 g/mol. The highest BCUT2D eigenvalue weighted by atomic mass is 32.1. The van der Waals surface area contributed by atoms with Crippen molar-refractivity contribution in [2.45, 2.75) is 19.9 Å². The molecule has 0 spiro atoms. The summed E-state index contributed by atoms with van der Waals surface area (Å²) in [5.74, 6) is -1.72. The quantitative estimate of drug-likeness (QED) is 0.614. The molecule has 1 saturated heterocycles. The fraction of sp³-hybridized carbons (Fsp3) is 0.435. The summed E-state index contributed by atoms with van der Waals surface area (Å²) in [4.78, 5) is 41.6. The van der Waals surface area contributed by atoms with Gasteiger partial charge >= 0.3 is 11.9 Å². The molecule has 1 fully saturated rings. The highest BCUT2D eigenvalue weighted by Gasteiger charge is 2.27. The maximum absolute atomic E-state index is 13.1. The third-order valence-corrected chi connectivity index (χ3v) is 6.72. The van der Waals surface area contributed by atoms with E-state index in [9.17, 15) is 18.8 Å². The lowest BCUT2D eigenvalue weighted by Crippen LogP contribution is -2.36. The van der Waals surface area contributed by atoms with Crippen LogP contribution in [-0.2, 0) is 20.8 Å². The van der Waals surface area contributed by atoms with Crippen molar-refractivity contribution in [1.82, 2.24) is 9.80 Å². The van der Waals surface area contributed by atoms with Crippen LogP contribution in [0.5, 0.6) is 0 Å². The van der Waals surface area contributed by atoms with E-state index >= 15 is 0 Å². The fourth-order valence-corrected chi connectivity index (χ4v) is 4.92. The van der Waals surface area contributed by atoms with E-state index in [4.69, 9.17) is 9.47 Å². The van der Waals surface area contributed by atoms with Crippen molar-refractivity contribution in [2.24, 2.45) is 0 Å². The SMILES string of the molecule is COC(=O)c1sc(NC(=O)CN2CCCN(Cc3ccc(F)cc3)CC2)c(C(=O)OC)c1C. The molecule has 0 aliphatic carbocycles. The number of nitrogens with zero attached hydrogens (tertiary/aromatic N) is 2. The molecule has 10 heteroatoms. The molecule has 0 saturated carbocycles. The van der Waals surface area contributed by atoms with Gasteiger partial charge in [0, 0.05) is 19.6 Å². The zero-order valence-electron chi connectivity index (χ0n) is 19.0. The number of ether oxygens (including phenoxy) is 2. The van der Waals surface area contributed by atoms with Crippen molar-refractivity contribution < 1.29 is 28.2 Å². The molecular formula is C23H28FN3O5S. The van der Waals surface area contributed by atoms with E-state index in [-0.39, 0.29) is 33.7 Å². The first kappa shape index (κ1) is 24.8. The Bertz CT molecular complexity index is 1010. The molecular weight excluding hydrogens is 449 g/mol. The van der Waals surface area contributed by atoms with Crippen LogP contribution in [0, 0.1) is 12.7 Å². The number of carbonyl (C=O) groups is 3. The lowest BCUT2D eigenvalue weighted by Gasteiger charge is -2.21. The molecule has 8 nitrogen and oxygen atoms in total. The van der Waals surface area contributed by atoms with E-state index in [1.54, 1.807) is 19.1 Å².